The Morgan fingerprint density at radius 2 is 1.50 bits per heavy atom. The Kier molecular flexibility index (Phi) is 3.67. The molecule has 0 saturated heterocycles. The van der Waals surface area contributed by atoms with Crippen LogP contribution in [0.3, 0.4) is 0 Å². The van der Waals surface area contributed by atoms with E-state index in [0.29, 0.717) is 0 Å². The van der Waals surface area contributed by atoms with E-state index in [1.807, 2.05) is 13.2 Å². The van der Waals surface area contributed by atoms with Crippen LogP contribution in [0, 0.1) is 34.6 Å². The van der Waals surface area contributed by atoms with Gasteiger partial charge in [-0.05, 0) is 68.5 Å². The normalized spacial score (nSPS) is 12.8. The minimum atomic E-state index is 0.202. The molecule has 1 aromatic carbocycles. The number of alkyl halides is 1. The third kappa shape index (κ3) is 2.26. The third-order valence-corrected chi connectivity index (χ3v) is 4.71. The molecule has 0 bridgehead atoms. The van der Waals surface area contributed by atoms with Crippen LogP contribution in [0.5, 0.6) is 0 Å². The largest absolute Gasteiger partial charge is 0.469 e. The molecule has 2 rings (SSSR count). The molecule has 0 aliphatic heterocycles. The van der Waals surface area contributed by atoms with Gasteiger partial charge in [0.25, 0.3) is 0 Å². The molecule has 1 nitrogen and oxygen atoms in total. The lowest BCUT2D eigenvalue weighted by atomic mass is 9.91. The smallest absolute Gasteiger partial charge is 0.101 e. The highest BCUT2D eigenvalue weighted by molar-refractivity contribution is 9.09. The van der Waals surface area contributed by atoms with Gasteiger partial charge in [0.2, 0.25) is 0 Å². The predicted octanol–water partition coefficient (Wildman–Crippen LogP) is 5.31. The van der Waals surface area contributed by atoms with E-state index in [4.69, 9.17) is 4.42 Å². The number of benzene rings is 1. The summed E-state index contributed by atoms with van der Waals surface area (Å²) in [5, 5.41) is 0. The molecule has 96 valence electrons. The molecular weight excluding hydrogens is 288 g/mol. The summed E-state index contributed by atoms with van der Waals surface area (Å²) in [7, 11) is 0. The van der Waals surface area contributed by atoms with Gasteiger partial charge in [0.05, 0.1) is 11.1 Å². The average molecular weight is 307 g/mol. The molecule has 0 aliphatic rings. The summed E-state index contributed by atoms with van der Waals surface area (Å²) in [5.74, 6) is 0.953. The number of hydrogen-bond acceptors (Lipinski definition) is 1. The van der Waals surface area contributed by atoms with E-state index in [-0.39, 0.29) is 4.83 Å². The number of rotatable bonds is 2. The Hall–Kier alpha value is -1.02. The summed E-state index contributed by atoms with van der Waals surface area (Å²) in [5.41, 5.74) is 7.96. The van der Waals surface area contributed by atoms with Gasteiger partial charge in [0.15, 0.2) is 0 Å². The number of hydrogen-bond donors (Lipinski definition) is 0. The lowest BCUT2D eigenvalue weighted by Crippen LogP contribution is -2.02. The van der Waals surface area contributed by atoms with Gasteiger partial charge >= 0.3 is 0 Å². The van der Waals surface area contributed by atoms with E-state index in [1.165, 1.54) is 33.4 Å². The molecule has 0 N–H and O–H groups in total. The maximum Gasteiger partial charge on any atom is 0.101 e. The Morgan fingerprint density at radius 3 is 1.94 bits per heavy atom. The number of halogens is 1. The second kappa shape index (κ2) is 4.93. The first-order chi connectivity index (χ1) is 8.41. The summed E-state index contributed by atoms with van der Waals surface area (Å²) in [6.07, 6.45) is 1.84. The van der Waals surface area contributed by atoms with E-state index >= 15 is 0 Å². The Labute approximate surface area is 117 Å². The first kappa shape index (κ1) is 13.4. The van der Waals surface area contributed by atoms with Crippen LogP contribution >= 0.6 is 15.9 Å². The van der Waals surface area contributed by atoms with Crippen LogP contribution in [-0.2, 0) is 0 Å². The monoisotopic (exact) mass is 306 g/mol. The zero-order chi connectivity index (χ0) is 13.4. The summed E-state index contributed by atoms with van der Waals surface area (Å²) in [6, 6.07) is 4.35. The lowest BCUT2D eigenvalue weighted by molar-refractivity contribution is 0.532. The van der Waals surface area contributed by atoms with E-state index in [0.717, 1.165) is 5.76 Å². The quantitative estimate of drug-likeness (QED) is 0.686. The highest BCUT2D eigenvalue weighted by atomic mass is 79.9. The van der Waals surface area contributed by atoms with E-state index in [1.54, 1.807) is 0 Å². The fourth-order valence-electron chi connectivity index (χ4n) is 2.39. The van der Waals surface area contributed by atoms with Crippen LogP contribution in [0.2, 0.25) is 0 Å². The Morgan fingerprint density at radius 1 is 0.944 bits per heavy atom. The van der Waals surface area contributed by atoms with Crippen molar-refractivity contribution in [1.82, 2.24) is 0 Å². The molecular formula is C16H19BrO. The second-order valence-electron chi connectivity index (χ2n) is 5.03. The van der Waals surface area contributed by atoms with Crippen molar-refractivity contribution in [3.8, 4) is 0 Å². The Balaban J connectivity index is 2.57. The molecule has 0 saturated carbocycles. The fraction of sp³-hybridized carbons (Fsp3) is 0.375. The van der Waals surface area contributed by atoms with Gasteiger partial charge in [-0.25, -0.2) is 0 Å². The maximum atomic E-state index is 5.42. The summed E-state index contributed by atoms with van der Waals surface area (Å²) < 4.78 is 5.42. The minimum Gasteiger partial charge on any atom is -0.469 e. The topological polar surface area (TPSA) is 13.1 Å². The standard InChI is InChI=1S/C16H19BrO/c1-9-6-10(2)13(5)15(12(9)4)16(17)14-7-11(3)18-8-14/h6-8,16H,1-5H3. The average Bonchev–Trinajstić information content (AvgIpc) is 2.73. The second-order valence-corrected chi connectivity index (χ2v) is 5.94. The summed E-state index contributed by atoms with van der Waals surface area (Å²) >= 11 is 3.82. The molecule has 1 unspecified atom stereocenters. The van der Waals surface area contributed by atoms with Crippen LogP contribution in [0.15, 0.2) is 22.8 Å². The van der Waals surface area contributed by atoms with E-state index in [2.05, 4.69) is 55.8 Å². The van der Waals surface area contributed by atoms with Gasteiger partial charge in [-0.15, -0.1) is 0 Å². The zero-order valence-electron chi connectivity index (χ0n) is 11.6. The van der Waals surface area contributed by atoms with Crippen LogP contribution in [0.1, 0.15) is 44.0 Å². The molecule has 0 amide bonds. The number of aryl methyl sites for hydroxylation is 3. The van der Waals surface area contributed by atoms with Crippen LogP contribution in [-0.4, -0.2) is 0 Å². The molecule has 0 fully saturated rings. The summed E-state index contributed by atoms with van der Waals surface area (Å²) in [4.78, 5) is 0.202. The molecule has 1 aromatic heterocycles. The van der Waals surface area contributed by atoms with Crippen LogP contribution < -0.4 is 0 Å². The summed E-state index contributed by atoms with van der Waals surface area (Å²) in [6.45, 7) is 10.7. The van der Waals surface area contributed by atoms with Gasteiger partial charge in [0.1, 0.15) is 5.76 Å². The van der Waals surface area contributed by atoms with Crippen molar-refractivity contribution < 1.29 is 4.42 Å². The molecule has 18 heavy (non-hydrogen) atoms. The van der Waals surface area contributed by atoms with Gasteiger partial charge in [-0.2, -0.15) is 0 Å². The molecule has 0 radical (unpaired) electrons. The van der Waals surface area contributed by atoms with Crippen molar-refractivity contribution >= 4 is 15.9 Å². The molecule has 2 aromatic rings. The SMILES string of the molecule is Cc1cc(C(Br)c2c(C)c(C)cc(C)c2C)co1. The highest BCUT2D eigenvalue weighted by Crippen LogP contribution is 2.37. The van der Waals surface area contributed by atoms with E-state index in [9.17, 15) is 0 Å². The van der Waals surface area contributed by atoms with Crippen LogP contribution in [0.4, 0.5) is 0 Å². The fourth-order valence-corrected chi connectivity index (χ4v) is 3.32. The van der Waals surface area contributed by atoms with Gasteiger partial charge in [-0.1, -0.05) is 22.0 Å². The number of furan rings is 1. The zero-order valence-corrected chi connectivity index (χ0v) is 13.2. The van der Waals surface area contributed by atoms with Crippen molar-refractivity contribution in [2.45, 2.75) is 39.4 Å². The van der Waals surface area contributed by atoms with Gasteiger partial charge in [-0.3, -0.25) is 0 Å². The first-order valence-electron chi connectivity index (χ1n) is 6.18. The van der Waals surface area contributed by atoms with Gasteiger partial charge < -0.3 is 4.42 Å². The van der Waals surface area contributed by atoms with Crippen molar-refractivity contribution in [1.29, 1.82) is 0 Å². The maximum absolute atomic E-state index is 5.42. The van der Waals surface area contributed by atoms with Crippen LogP contribution in [0.25, 0.3) is 0 Å². The lowest BCUT2D eigenvalue weighted by Gasteiger charge is -2.19. The predicted molar refractivity (Wildman–Crippen MR) is 79.6 cm³/mol. The molecule has 0 aliphatic carbocycles. The minimum absolute atomic E-state index is 0.202. The first-order valence-corrected chi connectivity index (χ1v) is 7.09. The molecule has 1 atom stereocenters. The van der Waals surface area contributed by atoms with Gasteiger partial charge in [0, 0.05) is 5.56 Å². The van der Waals surface area contributed by atoms with E-state index < -0.39 is 0 Å². The third-order valence-electron chi connectivity index (χ3n) is 3.72. The van der Waals surface area contributed by atoms with Crippen molar-refractivity contribution in [3.05, 3.63) is 57.5 Å². The Bertz CT molecular complexity index is 555. The molecule has 0 spiro atoms. The molecule has 1 heterocycles. The highest BCUT2D eigenvalue weighted by Gasteiger charge is 2.19. The van der Waals surface area contributed by atoms with Crippen molar-refractivity contribution in [2.24, 2.45) is 0 Å². The molecule has 2 heteroatoms. The van der Waals surface area contributed by atoms with Crippen molar-refractivity contribution in [3.63, 3.8) is 0 Å². The van der Waals surface area contributed by atoms with Crippen molar-refractivity contribution in [2.75, 3.05) is 0 Å².